The first-order valence-electron chi connectivity index (χ1n) is 7.77. The van der Waals surface area contributed by atoms with Crippen LogP contribution in [0, 0.1) is 0 Å². The predicted molar refractivity (Wildman–Crippen MR) is 100 cm³/mol. The molecular weight excluding hydrogens is 296 g/mol. The maximum Gasteiger partial charge on any atom is 0.183 e. The molecule has 1 atom stereocenters. The number of rotatable bonds is 5. The van der Waals surface area contributed by atoms with E-state index in [9.17, 15) is 5.11 Å². The van der Waals surface area contributed by atoms with E-state index >= 15 is 0 Å². The summed E-state index contributed by atoms with van der Waals surface area (Å²) in [4.78, 5) is 0. The van der Waals surface area contributed by atoms with Crippen molar-refractivity contribution in [3.05, 3.63) is 104 Å². The summed E-state index contributed by atoms with van der Waals surface area (Å²) in [6, 6.07) is 31.0. The molecule has 0 saturated carbocycles. The second-order valence-electron chi connectivity index (χ2n) is 5.59. The molecule has 0 aliphatic rings. The van der Waals surface area contributed by atoms with Gasteiger partial charge in [0.15, 0.2) is 8.07 Å². The van der Waals surface area contributed by atoms with Crippen LogP contribution in [0.1, 0.15) is 0 Å². The average Bonchev–Trinajstić information content (AvgIpc) is 2.65. The first kappa shape index (κ1) is 15.5. The number of aliphatic hydroxyl groups is 1. The van der Waals surface area contributed by atoms with Crippen LogP contribution in [0.25, 0.3) is 0 Å². The van der Waals surface area contributed by atoms with Crippen molar-refractivity contribution in [2.75, 3.05) is 0 Å². The molecule has 2 heteroatoms. The fourth-order valence-corrected chi connectivity index (χ4v) is 7.83. The van der Waals surface area contributed by atoms with E-state index in [1.165, 1.54) is 15.6 Å². The zero-order chi connectivity index (χ0) is 16.1. The number of hydrogen-bond acceptors (Lipinski definition) is 1. The van der Waals surface area contributed by atoms with Gasteiger partial charge in [-0.25, -0.2) is 0 Å². The van der Waals surface area contributed by atoms with Gasteiger partial charge in [-0.3, -0.25) is 0 Å². The third kappa shape index (κ3) is 2.67. The standard InChI is InChI=1S/C21H20OSi/c1-2-21(22)23(18-12-6-3-7-13-18,19-14-8-4-9-15-19)20-16-10-5-11-17-20/h2-17,21-22H,1H2/t21-/m1/s1. The van der Waals surface area contributed by atoms with Gasteiger partial charge in [0.2, 0.25) is 0 Å². The second-order valence-corrected chi connectivity index (χ2v) is 9.53. The van der Waals surface area contributed by atoms with Gasteiger partial charge in [0.25, 0.3) is 0 Å². The Hall–Kier alpha value is -2.42. The lowest BCUT2D eigenvalue weighted by Gasteiger charge is -2.36. The molecule has 3 rings (SSSR count). The van der Waals surface area contributed by atoms with E-state index in [2.05, 4.69) is 43.0 Å². The summed E-state index contributed by atoms with van der Waals surface area (Å²) in [5, 5.41) is 14.6. The van der Waals surface area contributed by atoms with Crippen LogP contribution in [-0.4, -0.2) is 18.9 Å². The SMILES string of the molecule is C=C[C@H](O)[Si](c1ccccc1)(c1ccccc1)c1ccccc1. The minimum Gasteiger partial charge on any atom is -0.391 e. The van der Waals surface area contributed by atoms with E-state index in [1.54, 1.807) is 6.08 Å². The van der Waals surface area contributed by atoms with E-state index < -0.39 is 13.8 Å². The molecule has 0 saturated heterocycles. The Morgan fingerprint density at radius 3 is 1.22 bits per heavy atom. The van der Waals surface area contributed by atoms with Gasteiger partial charge in [-0.2, -0.15) is 0 Å². The highest BCUT2D eigenvalue weighted by Crippen LogP contribution is 2.13. The highest BCUT2D eigenvalue weighted by Gasteiger charge is 2.44. The summed E-state index contributed by atoms with van der Waals surface area (Å²) >= 11 is 0. The Balaban J connectivity index is 2.38. The fraction of sp³-hybridized carbons (Fsp3) is 0.0476. The van der Waals surface area contributed by atoms with E-state index in [-0.39, 0.29) is 0 Å². The van der Waals surface area contributed by atoms with Gasteiger partial charge in [0.1, 0.15) is 0 Å². The molecule has 0 radical (unpaired) electrons. The molecule has 0 spiro atoms. The van der Waals surface area contributed by atoms with Gasteiger partial charge in [0.05, 0.1) is 5.73 Å². The highest BCUT2D eigenvalue weighted by molar-refractivity contribution is 7.12. The minimum absolute atomic E-state index is 0.602. The zero-order valence-electron chi connectivity index (χ0n) is 13.0. The Kier molecular flexibility index (Phi) is 4.56. The molecular formula is C21H20OSi. The maximum atomic E-state index is 11.1. The predicted octanol–water partition coefficient (Wildman–Crippen LogP) is 2.24. The molecule has 0 aromatic heterocycles. The molecule has 0 heterocycles. The van der Waals surface area contributed by atoms with Crippen LogP contribution < -0.4 is 15.6 Å². The largest absolute Gasteiger partial charge is 0.391 e. The second kappa shape index (κ2) is 6.78. The summed E-state index contributed by atoms with van der Waals surface area (Å²) < 4.78 is 0. The van der Waals surface area contributed by atoms with Crippen molar-refractivity contribution < 1.29 is 5.11 Å². The third-order valence-electron chi connectivity index (χ3n) is 4.35. The highest BCUT2D eigenvalue weighted by atomic mass is 28.3. The van der Waals surface area contributed by atoms with E-state index in [1.807, 2.05) is 54.6 Å². The van der Waals surface area contributed by atoms with Crippen LogP contribution in [0.5, 0.6) is 0 Å². The molecule has 1 N–H and O–H groups in total. The van der Waals surface area contributed by atoms with Crippen LogP contribution in [0.2, 0.25) is 0 Å². The van der Waals surface area contributed by atoms with Crippen LogP contribution in [-0.2, 0) is 0 Å². The normalized spacial score (nSPS) is 12.6. The molecule has 0 fully saturated rings. The van der Waals surface area contributed by atoms with Crippen LogP contribution in [0.4, 0.5) is 0 Å². The Labute approximate surface area is 138 Å². The molecule has 114 valence electrons. The number of aliphatic hydroxyl groups excluding tert-OH is 1. The Morgan fingerprint density at radius 1 is 0.652 bits per heavy atom. The molecule has 0 amide bonds. The molecule has 23 heavy (non-hydrogen) atoms. The van der Waals surface area contributed by atoms with Crippen molar-refractivity contribution in [1.82, 2.24) is 0 Å². The minimum atomic E-state index is -2.59. The van der Waals surface area contributed by atoms with E-state index in [0.717, 1.165) is 0 Å². The topological polar surface area (TPSA) is 20.2 Å². The number of benzene rings is 3. The molecule has 0 unspecified atom stereocenters. The van der Waals surface area contributed by atoms with Gasteiger partial charge in [0, 0.05) is 0 Å². The van der Waals surface area contributed by atoms with Gasteiger partial charge >= 0.3 is 0 Å². The first-order valence-corrected chi connectivity index (χ1v) is 9.85. The summed E-state index contributed by atoms with van der Waals surface area (Å²) in [6.45, 7) is 3.89. The molecule has 0 bridgehead atoms. The van der Waals surface area contributed by atoms with Gasteiger partial charge in [-0.15, -0.1) is 6.58 Å². The maximum absolute atomic E-state index is 11.1. The van der Waals surface area contributed by atoms with Crippen molar-refractivity contribution in [2.45, 2.75) is 5.73 Å². The van der Waals surface area contributed by atoms with Crippen LogP contribution >= 0.6 is 0 Å². The lowest BCUT2D eigenvalue weighted by atomic mass is 10.3. The van der Waals surface area contributed by atoms with E-state index in [0.29, 0.717) is 0 Å². The van der Waals surface area contributed by atoms with Crippen molar-refractivity contribution in [3.8, 4) is 0 Å². The van der Waals surface area contributed by atoms with Crippen molar-refractivity contribution in [1.29, 1.82) is 0 Å². The van der Waals surface area contributed by atoms with Crippen LogP contribution in [0.15, 0.2) is 104 Å². The van der Waals surface area contributed by atoms with Crippen molar-refractivity contribution in [2.24, 2.45) is 0 Å². The number of hydrogen-bond donors (Lipinski definition) is 1. The Morgan fingerprint density at radius 2 is 0.957 bits per heavy atom. The summed E-state index contributed by atoms with van der Waals surface area (Å²) in [7, 11) is -2.59. The Bertz CT molecular complexity index is 657. The smallest absolute Gasteiger partial charge is 0.183 e. The van der Waals surface area contributed by atoms with Crippen LogP contribution in [0.3, 0.4) is 0 Å². The fourth-order valence-electron chi connectivity index (χ4n) is 3.29. The molecule has 3 aromatic rings. The lowest BCUT2D eigenvalue weighted by Crippen LogP contribution is -2.73. The average molecular weight is 316 g/mol. The quantitative estimate of drug-likeness (QED) is 0.435. The molecule has 0 aliphatic heterocycles. The summed E-state index contributed by atoms with van der Waals surface area (Å²) in [5.41, 5.74) is -0.602. The lowest BCUT2D eigenvalue weighted by molar-refractivity contribution is 0.295. The molecule has 0 aliphatic carbocycles. The molecule has 3 aromatic carbocycles. The molecule has 1 nitrogen and oxygen atoms in total. The van der Waals surface area contributed by atoms with Gasteiger partial charge in [-0.05, 0) is 15.6 Å². The van der Waals surface area contributed by atoms with E-state index in [4.69, 9.17) is 0 Å². The third-order valence-corrected chi connectivity index (χ3v) is 9.21. The summed E-state index contributed by atoms with van der Waals surface area (Å²) in [5.74, 6) is 0. The van der Waals surface area contributed by atoms with Gasteiger partial charge < -0.3 is 5.11 Å². The van der Waals surface area contributed by atoms with Crippen molar-refractivity contribution in [3.63, 3.8) is 0 Å². The first-order chi connectivity index (χ1) is 11.3. The van der Waals surface area contributed by atoms with Crippen molar-refractivity contribution >= 4 is 23.6 Å². The van der Waals surface area contributed by atoms with Gasteiger partial charge in [-0.1, -0.05) is 97.1 Å². The zero-order valence-corrected chi connectivity index (χ0v) is 14.0. The monoisotopic (exact) mass is 316 g/mol. The summed E-state index contributed by atoms with van der Waals surface area (Å²) in [6.07, 6.45) is 1.68.